The number of fused-ring (bicyclic) bond motifs is 1. The average Bonchev–Trinajstić information content (AvgIpc) is 3.25. The van der Waals surface area contributed by atoms with Crippen LogP contribution in [0.1, 0.15) is 60.6 Å². The molecule has 1 aliphatic carbocycles. The van der Waals surface area contributed by atoms with Gasteiger partial charge >= 0.3 is 0 Å². The van der Waals surface area contributed by atoms with Gasteiger partial charge in [0.15, 0.2) is 0 Å². The number of nitrogens with zero attached hydrogens (tertiary/aromatic N) is 3. The Labute approximate surface area is 199 Å². The Balaban J connectivity index is 1.61. The highest BCUT2D eigenvalue weighted by Gasteiger charge is 2.25. The maximum absolute atomic E-state index is 13.0. The zero-order valence-electron chi connectivity index (χ0n) is 19.6. The van der Waals surface area contributed by atoms with Crippen LogP contribution < -0.4 is 15.5 Å². The molecular weight excluding hydrogens is 428 g/mol. The number of amides is 2. The van der Waals surface area contributed by atoms with Crippen molar-refractivity contribution in [1.82, 2.24) is 15.3 Å². The summed E-state index contributed by atoms with van der Waals surface area (Å²) in [6.45, 7) is 2.78. The highest BCUT2D eigenvalue weighted by atomic mass is 16.2. The van der Waals surface area contributed by atoms with Crippen LogP contribution in [-0.2, 0) is 11.3 Å². The number of pyridine rings is 1. The molecular formula is C26H30N6O2. The van der Waals surface area contributed by atoms with Crippen molar-refractivity contribution in [3.8, 4) is 6.07 Å². The summed E-state index contributed by atoms with van der Waals surface area (Å²) in [4.78, 5) is 35.2. The van der Waals surface area contributed by atoms with Gasteiger partial charge in [0.05, 0.1) is 23.4 Å². The number of rotatable bonds is 7. The van der Waals surface area contributed by atoms with E-state index in [4.69, 9.17) is 5.26 Å². The number of hydrogen-bond donors (Lipinski definition) is 3. The highest BCUT2D eigenvalue weighted by Crippen LogP contribution is 2.32. The van der Waals surface area contributed by atoms with Crippen LogP contribution in [0, 0.1) is 17.2 Å². The number of H-pyrrole nitrogens is 1. The summed E-state index contributed by atoms with van der Waals surface area (Å²) >= 11 is 0. The Morgan fingerprint density at radius 1 is 1.21 bits per heavy atom. The quantitative estimate of drug-likeness (QED) is 0.487. The molecule has 1 saturated carbocycles. The van der Waals surface area contributed by atoms with Gasteiger partial charge in [-0.25, -0.2) is 0 Å². The van der Waals surface area contributed by atoms with Gasteiger partial charge in [0, 0.05) is 42.3 Å². The summed E-state index contributed by atoms with van der Waals surface area (Å²) in [6.07, 6.45) is 6.86. The van der Waals surface area contributed by atoms with Crippen molar-refractivity contribution in [2.45, 2.75) is 45.6 Å². The summed E-state index contributed by atoms with van der Waals surface area (Å²) in [5.41, 5.74) is 3.34. The van der Waals surface area contributed by atoms with Crippen LogP contribution in [0.5, 0.6) is 0 Å². The van der Waals surface area contributed by atoms with Crippen LogP contribution in [0.25, 0.3) is 10.9 Å². The molecule has 0 radical (unpaired) electrons. The highest BCUT2D eigenvalue weighted by molar-refractivity contribution is 6.12. The number of hydrogen-bond acceptors (Lipinski definition) is 5. The second-order valence-corrected chi connectivity index (χ2v) is 8.70. The van der Waals surface area contributed by atoms with E-state index in [9.17, 15) is 9.59 Å². The predicted molar refractivity (Wildman–Crippen MR) is 133 cm³/mol. The molecule has 0 bridgehead atoms. The van der Waals surface area contributed by atoms with E-state index < -0.39 is 0 Å². The normalized spacial score (nSPS) is 13.9. The second kappa shape index (κ2) is 10.4. The summed E-state index contributed by atoms with van der Waals surface area (Å²) < 4.78 is 0. The lowest BCUT2D eigenvalue weighted by atomic mass is 9.88. The van der Waals surface area contributed by atoms with Crippen molar-refractivity contribution in [3.63, 3.8) is 0 Å². The molecule has 1 aromatic carbocycles. The van der Waals surface area contributed by atoms with Gasteiger partial charge in [-0.2, -0.15) is 5.26 Å². The van der Waals surface area contributed by atoms with Crippen LogP contribution in [0.2, 0.25) is 0 Å². The smallest absolute Gasteiger partial charge is 0.255 e. The Morgan fingerprint density at radius 3 is 2.68 bits per heavy atom. The van der Waals surface area contributed by atoms with Crippen LogP contribution >= 0.6 is 0 Å². The van der Waals surface area contributed by atoms with E-state index in [0.717, 1.165) is 48.0 Å². The molecule has 8 nitrogen and oxygen atoms in total. The Hall–Kier alpha value is -3.86. The number of carbonyl (C=O) groups excluding carboxylic acids is 2. The van der Waals surface area contributed by atoms with Gasteiger partial charge < -0.3 is 20.5 Å². The van der Waals surface area contributed by atoms with E-state index in [-0.39, 0.29) is 17.7 Å². The molecule has 176 valence electrons. The molecule has 8 heteroatoms. The molecule has 4 rings (SSSR count). The van der Waals surface area contributed by atoms with E-state index in [1.807, 2.05) is 32.2 Å². The van der Waals surface area contributed by atoms with Gasteiger partial charge in [-0.15, -0.1) is 0 Å². The molecule has 0 aliphatic heterocycles. The summed E-state index contributed by atoms with van der Waals surface area (Å²) in [7, 11) is 1.82. The minimum absolute atomic E-state index is 0.0844. The lowest BCUT2D eigenvalue weighted by Gasteiger charge is -2.26. The largest absolute Gasteiger partial charge is 0.365 e. The van der Waals surface area contributed by atoms with Crippen molar-refractivity contribution < 1.29 is 9.59 Å². The minimum Gasteiger partial charge on any atom is -0.365 e. The number of aromatic amines is 1. The maximum Gasteiger partial charge on any atom is 0.255 e. The molecule has 1 aliphatic rings. The topological polar surface area (TPSA) is 114 Å². The number of nitrogens with one attached hydrogen (secondary N) is 3. The molecule has 3 N–H and O–H groups in total. The SMILES string of the molecule is CCNC(=O)c1c(NCc2ccc(C#N)cn2)[nH]c2cc(N(C)C(=O)C3CCCCC3)ccc12. The fraction of sp³-hybridized carbons (Fsp3) is 0.385. The van der Waals surface area contributed by atoms with E-state index in [0.29, 0.717) is 30.0 Å². The first-order valence-electron chi connectivity index (χ1n) is 11.8. The molecule has 3 aromatic rings. The summed E-state index contributed by atoms with van der Waals surface area (Å²) in [5, 5.41) is 15.9. The zero-order valence-corrected chi connectivity index (χ0v) is 19.6. The van der Waals surface area contributed by atoms with E-state index in [1.54, 1.807) is 17.0 Å². The van der Waals surface area contributed by atoms with Gasteiger partial charge in [-0.1, -0.05) is 19.3 Å². The average molecular weight is 459 g/mol. The standard InChI is InChI=1S/C26H30N6O2/c1-3-28-25(33)23-21-12-11-20(32(2)26(34)18-7-5-4-6-8-18)13-22(21)31-24(23)30-16-19-10-9-17(14-27)15-29-19/h9-13,15,18,30-31H,3-8,16H2,1-2H3,(H,28,33). The van der Waals surface area contributed by atoms with Crippen molar-refractivity contribution in [3.05, 3.63) is 53.3 Å². The lowest BCUT2D eigenvalue weighted by Crippen LogP contribution is -2.33. The maximum atomic E-state index is 13.0. The summed E-state index contributed by atoms with van der Waals surface area (Å²) in [5.74, 6) is 0.648. The molecule has 2 aromatic heterocycles. The number of benzene rings is 1. The Kier molecular flexibility index (Phi) is 7.12. The van der Waals surface area contributed by atoms with Crippen LogP contribution in [0.4, 0.5) is 11.5 Å². The van der Waals surface area contributed by atoms with Crippen molar-refractivity contribution >= 4 is 34.2 Å². The lowest BCUT2D eigenvalue weighted by molar-refractivity contribution is -0.123. The van der Waals surface area contributed by atoms with Crippen LogP contribution in [0.3, 0.4) is 0 Å². The van der Waals surface area contributed by atoms with Gasteiger partial charge in [-0.3, -0.25) is 14.6 Å². The van der Waals surface area contributed by atoms with Gasteiger partial charge in [0.1, 0.15) is 11.9 Å². The zero-order chi connectivity index (χ0) is 24.1. The number of nitriles is 1. The second-order valence-electron chi connectivity index (χ2n) is 8.70. The predicted octanol–water partition coefficient (Wildman–Crippen LogP) is 4.34. The first-order chi connectivity index (χ1) is 16.5. The fourth-order valence-corrected chi connectivity index (χ4v) is 4.54. The number of carbonyl (C=O) groups is 2. The molecule has 34 heavy (non-hydrogen) atoms. The molecule has 2 amide bonds. The van der Waals surface area contributed by atoms with Crippen LogP contribution in [0.15, 0.2) is 36.5 Å². The Bertz CT molecular complexity index is 1220. The summed E-state index contributed by atoms with van der Waals surface area (Å²) in [6, 6.07) is 11.3. The van der Waals surface area contributed by atoms with Gasteiger partial charge in [-0.05, 0) is 50.1 Å². The monoisotopic (exact) mass is 458 g/mol. The van der Waals surface area contributed by atoms with Crippen molar-refractivity contribution in [2.75, 3.05) is 23.8 Å². The molecule has 0 spiro atoms. The van der Waals surface area contributed by atoms with Gasteiger partial charge in [0.2, 0.25) is 5.91 Å². The Morgan fingerprint density at radius 2 is 2.00 bits per heavy atom. The third-order valence-corrected chi connectivity index (χ3v) is 6.42. The fourth-order valence-electron chi connectivity index (χ4n) is 4.54. The molecule has 0 unspecified atom stereocenters. The third-order valence-electron chi connectivity index (χ3n) is 6.42. The third kappa shape index (κ3) is 4.88. The molecule has 0 atom stereocenters. The first kappa shape index (κ1) is 23.3. The number of anilines is 2. The van der Waals surface area contributed by atoms with Crippen molar-refractivity contribution in [1.29, 1.82) is 5.26 Å². The molecule has 0 saturated heterocycles. The van der Waals surface area contributed by atoms with E-state index in [2.05, 4.69) is 26.7 Å². The molecule has 1 fully saturated rings. The van der Waals surface area contributed by atoms with Crippen LogP contribution in [-0.4, -0.2) is 35.4 Å². The first-order valence-corrected chi connectivity index (χ1v) is 11.8. The van der Waals surface area contributed by atoms with Gasteiger partial charge in [0.25, 0.3) is 5.91 Å². The van der Waals surface area contributed by atoms with Crippen molar-refractivity contribution in [2.24, 2.45) is 5.92 Å². The van der Waals surface area contributed by atoms with E-state index in [1.165, 1.54) is 12.6 Å². The molecule has 2 heterocycles. The minimum atomic E-state index is -0.177. The number of aromatic nitrogens is 2. The van der Waals surface area contributed by atoms with E-state index >= 15 is 0 Å².